The molecule has 0 unspecified atom stereocenters. The van der Waals surface area contributed by atoms with Crippen molar-refractivity contribution in [2.24, 2.45) is 11.5 Å². The molecule has 1 heterocycles. The smallest absolute Gasteiger partial charge is 0.475 e. The van der Waals surface area contributed by atoms with Gasteiger partial charge in [0.05, 0.1) is 11.3 Å². The maximum atomic E-state index is 11.4. The van der Waals surface area contributed by atoms with Crippen molar-refractivity contribution in [3.05, 3.63) is 54.2 Å². The number of benzene rings is 2. The van der Waals surface area contributed by atoms with Gasteiger partial charge in [-0.2, -0.15) is 18.3 Å². The predicted octanol–water partition coefficient (Wildman–Crippen LogP) is 2.25. The number of rotatable bonds is 3. The molecule has 12 heteroatoms. The van der Waals surface area contributed by atoms with Gasteiger partial charge in [0.15, 0.2) is 0 Å². The van der Waals surface area contributed by atoms with Crippen LogP contribution in [0.4, 0.5) is 23.7 Å². The number of amides is 3. The largest absolute Gasteiger partial charge is 0.490 e. The van der Waals surface area contributed by atoms with Gasteiger partial charge in [0.2, 0.25) is 0 Å². The molecule has 9 nitrogen and oxygen atoms in total. The van der Waals surface area contributed by atoms with Gasteiger partial charge in [-0.05, 0) is 30.3 Å². The third kappa shape index (κ3) is 5.45. The van der Waals surface area contributed by atoms with Gasteiger partial charge in [-0.25, -0.2) is 14.3 Å². The van der Waals surface area contributed by atoms with E-state index in [9.17, 15) is 22.8 Å². The number of nitrogens with two attached hydrogens (primary N) is 2. The average molecular weight is 409 g/mol. The lowest BCUT2D eigenvalue weighted by Gasteiger charge is -2.04. The molecule has 0 spiro atoms. The third-order valence-electron chi connectivity index (χ3n) is 3.44. The molecule has 0 saturated carbocycles. The van der Waals surface area contributed by atoms with Gasteiger partial charge in [0, 0.05) is 17.3 Å². The molecule has 2 aromatic carbocycles. The van der Waals surface area contributed by atoms with Crippen molar-refractivity contribution in [2.45, 2.75) is 6.18 Å². The van der Waals surface area contributed by atoms with Crippen molar-refractivity contribution in [2.75, 3.05) is 5.32 Å². The predicted molar refractivity (Wildman–Crippen MR) is 96.5 cm³/mol. The SMILES string of the molecule is NC(=O)Nc1ccc(-n2cc3cccc(C(N)=O)c3n2)cc1.O=C(O)C(F)(F)F. The van der Waals surface area contributed by atoms with Crippen LogP contribution in [0.25, 0.3) is 16.6 Å². The number of carbonyl (C=O) groups excluding carboxylic acids is 2. The fraction of sp³-hybridized carbons (Fsp3) is 0.0588. The van der Waals surface area contributed by atoms with Crippen LogP contribution < -0.4 is 16.8 Å². The number of fused-ring (bicyclic) bond motifs is 1. The minimum absolute atomic E-state index is 0.378. The van der Waals surface area contributed by atoms with Crippen LogP contribution in [0, 0.1) is 0 Å². The van der Waals surface area contributed by atoms with Crippen LogP contribution >= 0.6 is 0 Å². The molecule has 3 rings (SSSR count). The van der Waals surface area contributed by atoms with Crippen molar-refractivity contribution < 1.29 is 32.7 Å². The molecule has 0 aliphatic rings. The minimum atomic E-state index is -5.08. The van der Waals surface area contributed by atoms with Crippen LogP contribution in [-0.2, 0) is 4.79 Å². The van der Waals surface area contributed by atoms with Crippen molar-refractivity contribution in [1.29, 1.82) is 0 Å². The maximum Gasteiger partial charge on any atom is 0.490 e. The molecule has 6 N–H and O–H groups in total. The Balaban J connectivity index is 0.000000370. The molecular weight excluding hydrogens is 395 g/mol. The first kappa shape index (κ1) is 21.2. The van der Waals surface area contributed by atoms with Gasteiger partial charge in [0.1, 0.15) is 5.52 Å². The first-order chi connectivity index (χ1) is 13.5. The minimum Gasteiger partial charge on any atom is -0.475 e. The van der Waals surface area contributed by atoms with Crippen LogP contribution in [-0.4, -0.2) is 39.0 Å². The first-order valence-electron chi connectivity index (χ1n) is 7.74. The van der Waals surface area contributed by atoms with Crippen molar-refractivity contribution >= 4 is 34.5 Å². The highest BCUT2D eigenvalue weighted by Crippen LogP contribution is 2.20. The van der Waals surface area contributed by atoms with E-state index in [1.54, 1.807) is 47.3 Å². The summed E-state index contributed by atoms with van der Waals surface area (Å²) in [5.41, 5.74) is 12.7. The number of alkyl halides is 3. The summed E-state index contributed by atoms with van der Waals surface area (Å²) in [6.07, 6.45) is -3.28. The molecule has 3 amide bonds. The van der Waals surface area contributed by atoms with E-state index in [1.807, 2.05) is 6.07 Å². The number of carboxylic acid groups (broad SMARTS) is 1. The van der Waals surface area contributed by atoms with Crippen LogP contribution in [0.15, 0.2) is 48.7 Å². The highest BCUT2D eigenvalue weighted by Gasteiger charge is 2.38. The molecule has 0 saturated heterocycles. The van der Waals surface area contributed by atoms with Gasteiger partial charge in [-0.15, -0.1) is 0 Å². The van der Waals surface area contributed by atoms with E-state index in [2.05, 4.69) is 10.4 Å². The lowest BCUT2D eigenvalue weighted by atomic mass is 10.1. The van der Waals surface area contributed by atoms with Crippen LogP contribution in [0.2, 0.25) is 0 Å². The number of carboxylic acids is 1. The normalized spacial score (nSPS) is 10.7. The summed E-state index contributed by atoms with van der Waals surface area (Å²) in [6.45, 7) is 0. The number of halogens is 3. The molecule has 29 heavy (non-hydrogen) atoms. The van der Waals surface area contributed by atoms with Gasteiger partial charge in [-0.1, -0.05) is 12.1 Å². The van der Waals surface area contributed by atoms with E-state index in [0.29, 0.717) is 16.8 Å². The third-order valence-corrected chi connectivity index (χ3v) is 3.44. The Morgan fingerprint density at radius 3 is 2.10 bits per heavy atom. The molecule has 0 bridgehead atoms. The van der Waals surface area contributed by atoms with Crippen LogP contribution in [0.1, 0.15) is 10.4 Å². The lowest BCUT2D eigenvalue weighted by molar-refractivity contribution is -0.192. The lowest BCUT2D eigenvalue weighted by Crippen LogP contribution is -2.21. The summed E-state index contributed by atoms with van der Waals surface area (Å²) in [4.78, 5) is 31.1. The van der Waals surface area contributed by atoms with E-state index >= 15 is 0 Å². The zero-order valence-electron chi connectivity index (χ0n) is 14.5. The second-order valence-corrected chi connectivity index (χ2v) is 5.52. The molecule has 0 fully saturated rings. The van der Waals surface area contributed by atoms with Crippen molar-refractivity contribution in [3.8, 4) is 5.69 Å². The molecule has 3 aromatic rings. The molecule has 0 aliphatic carbocycles. The number of anilines is 1. The summed E-state index contributed by atoms with van der Waals surface area (Å²) >= 11 is 0. The number of hydrogen-bond acceptors (Lipinski definition) is 4. The Hall–Kier alpha value is -4.09. The van der Waals surface area contributed by atoms with Gasteiger partial charge < -0.3 is 21.9 Å². The second kappa shape index (κ2) is 8.29. The monoisotopic (exact) mass is 409 g/mol. The highest BCUT2D eigenvalue weighted by atomic mass is 19.4. The fourth-order valence-electron chi connectivity index (χ4n) is 2.22. The number of nitrogens with one attached hydrogen (secondary N) is 1. The Morgan fingerprint density at radius 1 is 1.03 bits per heavy atom. The van der Waals surface area contributed by atoms with Crippen molar-refractivity contribution in [3.63, 3.8) is 0 Å². The zero-order chi connectivity index (χ0) is 21.8. The molecule has 0 aliphatic heterocycles. The van der Waals surface area contributed by atoms with Crippen LogP contribution in [0.5, 0.6) is 0 Å². The fourth-order valence-corrected chi connectivity index (χ4v) is 2.22. The summed E-state index contributed by atoms with van der Waals surface area (Å²) in [6, 6.07) is 11.6. The molecule has 0 radical (unpaired) electrons. The molecular formula is C17H14F3N5O4. The Morgan fingerprint density at radius 2 is 1.62 bits per heavy atom. The number of aliphatic carboxylic acids is 1. The standard InChI is InChI=1S/C15H13N5O2.C2HF3O2/c16-14(21)12-3-1-2-9-8-20(19-13(9)12)11-6-4-10(5-7-11)18-15(17)22;3-2(4,5)1(6)7/h1-8H,(H2,16,21)(H3,17,18,22);(H,6,7). The number of hydrogen-bond donors (Lipinski definition) is 4. The quantitative estimate of drug-likeness (QED) is 0.522. The molecule has 152 valence electrons. The Kier molecular flexibility index (Phi) is 6.06. The van der Waals surface area contributed by atoms with Crippen LogP contribution in [0.3, 0.4) is 0 Å². The highest BCUT2D eigenvalue weighted by molar-refractivity contribution is 6.04. The van der Waals surface area contributed by atoms with Gasteiger partial charge >= 0.3 is 18.2 Å². The Bertz CT molecular complexity index is 1060. The summed E-state index contributed by atoms with van der Waals surface area (Å²) in [7, 11) is 0. The topological polar surface area (TPSA) is 153 Å². The van der Waals surface area contributed by atoms with Crippen molar-refractivity contribution in [1.82, 2.24) is 9.78 Å². The maximum absolute atomic E-state index is 11.4. The van der Waals surface area contributed by atoms with E-state index in [-0.39, 0.29) is 0 Å². The molecule has 0 atom stereocenters. The number of aromatic nitrogens is 2. The summed E-state index contributed by atoms with van der Waals surface area (Å²) in [5, 5.41) is 14.8. The van der Waals surface area contributed by atoms with Gasteiger partial charge in [0.25, 0.3) is 5.91 Å². The number of nitrogens with zero attached hydrogens (tertiary/aromatic N) is 2. The zero-order valence-corrected chi connectivity index (χ0v) is 14.5. The number of primary amides is 2. The Labute approximate surface area is 160 Å². The summed E-state index contributed by atoms with van der Waals surface area (Å²) in [5.74, 6) is -3.27. The van der Waals surface area contributed by atoms with E-state index < -0.39 is 24.1 Å². The van der Waals surface area contributed by atoms with E-state index in [1.165, 1.54) is 0 Å². The van der Waals surface area contributed by atoms with Gasteiger partial charge in [-0.3, -0.25) is 4.79 Å². The second-order valence-electron chi connectivity index (χ2n) is 5.52. The molecule has 1 aromatic heterocycles. The van der Waals surface area contributed by atoms with E-state index in [0.717, 1.165) is 11.1 Å². The first-order valence-corrected chi connectivity index (χ1v) is 7.74. The van der Waals surface area contributed by atoms with E-state index in [4.69, 9.17) is 21.4 Å². The number of carbonyl (C=O) groups is 3. The average Bonchev–Trinajstić information content (AvgIpc) is 3.05. The summed E-state index contributed by atoms with van der Waals surface area (Å²) < 4.78 is 33.4. The number of urea groups is 1.